The van der Waals surface area contributed by atoms with E-state index in [4.69, 9.17) is 4.74 Å². The van der Waals surface area contributed by atoms with E-state index < -0.39 is 0 Å². The number of nitrogens with one attached hydrogen (secondary N) is 1. The van der Waals surface area contributed by atoms with Crippen molar-refractivity contribution in [3.05, 3.63) is 54.2 Å². The number of rotatable bonds is 5. The van der Waals surface area contributed by atoms with Gasteiger partial charge in [-0.2, -0.15) is 5.10 Å². The maximum Gasteiger partial charge on any atom is 0.277 e. The van der Waals surface area contributed by atoms with Gasteiger partial charge in [-0.3, -0.25) is 4.79 Å². The van der Waals surface area contributed by atoms with Gasteiger partial charge in [-0.25, -0.2) is 5.43 Å². The largest absolute Gasteiger partial charge is 0.506 e. The summed E-state index contributed by atoms with van der Waals surface area (Å²) in [5.41, 5.74) is 5.19. The molecule has 126 valence electrons. The number of hydrogen-bond donors (Lipinski definition) is 2. The van der Waals surface area contributed by atoms with Gasteiger partial charge in [-0.15, -0.1) is 0 Å². The summed E-state index contributed by atoms with van der Waals surface area (Å²) in [5, 5.41) is 13.6. The highest BCUT2D eigenvalue weighted by molar-refractivity contribution is 14.1. The maximum atomic E-state index is 11.8. The molecule has 0 radical (unpaired) electrons. The van der Waals surface area contributed by atoms with Gasteiger partial charge >= 0.3 is 0 Å². The number of hydrazone groups is 1. The molecule has 0 atom stereocenters. The number of para-hydroxylation sites is 1. The number of carbonyl (C=O) groups excluding carboxylic acids is 1. The van der Waals surface area contributed by atoms with E-state index in [9.17, 15) is 9.90 Å². The summed E-state index contributed by atoms with van der Waals surface area (Å²) in [7, 11) is 0. The number of hydrogen-bond acceptors (Lipinski definition) is 4. The Kier molecular flexibility index (Phi) is 6.84. The number of ether oxygens (including phenoxy) is 1. The van der Waals surface area contributed by atoms with Gasteiger partial charge in [0, 0.05) is 0 Å². The first-order valence-corrected chi connectivity index (χ1v) is 9.23. The van der Waals surface area contributed by atoms with E-state index in [1.807, 2.05) is 77.2 Å². The fourth-order valence-electron chi connectivity index (χ4n) is 2.04. The number of halogens is 2. The van der Waals surface area contributed by atoms with Crippen LogP contribution >= 0.6 is 45.2 Å². The second-order valence-electron chi connectivity index (χ2n) is 5.14. The Bertz CT molecular complexity index is 748. The molecule has 24 heavy (non-hydrogen) atoms. The van der Waals surface area contributed by atoms with Crippen molar-refractivity contribution in [3.8, 4) is 11.5 Å². The van der Waals surface area contributed by atoms with Crippen LogP contribution in [0.25, 0.3) is 0 Å². The first-order valence-electron chi connectivity index (χ1n) is 7.07. The summed E-state index contributed by atoms with van der Waals surface area (Å²) in [4.78, 5) is 11.8. The van der Waals surface area contributed by atoms with Crippen LogP contribution in [0.15, 0.2) is 35.4 Å². The molecule has 2 aromatic rings. The van der Waals surface area contributed by atoms with Gasteiger partial charge in [-0.1, -0.05) is 18.2 Å². The topological polar surface area (TPSA) is 70.9 Å². The van der Waals surface area contributed by atoms with E-state index in [2.05, 4.69) is 10.5 Å². The van der Waals surface area contributed by atoms with Crippen molar-refractivity contribution in [1.29, 1.82) is 0 Å². The summed E-state index contributed by atoms with van der Waals surface area (Å²) in [6, 6.07) is 9.38. The number of phenolic OH excluding ortho intramolecular Hbond substituents is 1. The molecule has 0 fully saturated rings. The van der Waals surface area contributed by atoms with Crippen LogP contribution in [0.5, 0.6) is 11.5 Å². The van der Waals surface area contributed by atoms with Crippen LogP contribution in [-0.2, 0) is 4.79 Å². The second kappa shape index (κ2) is 8.65. The van der Waals surface area contributed by atoms with Gasteiger partial charge in [0.2, 0.25) is 0 Å². The lowest BCUT2D eigenvalue weighted by atomic mass is 10.1. The molecule has 1 amide bonds. The Balaban J connectivity index is 1.91. The highest BCUT2D eigenvalue weighted by Gasteiger charge is 2.07. The van der Waals surface area contributed by atoms with Crippen LogP contribution < -0.4 is 10.2 Å². The molecule has 0 unspecified atom stereocenters. The molecule has 0 aliphatic rings. The van der Waals surface area contributed by atoms with Crippen molar-refractivity contribution in [1.82, 2.24) is 5.43 Å². The summed E-state index contributed by atoms with van der Waals surface area (Å²) in [5.74, 6) is 0.635. The quantitative estimate of drug-likeness (QED) is 0.339. The minimum absolute atomic E-state index is 0.103. The smallest absolute Gasteiger partial charge is 0.277 e. The zero-order chi connectivity index (χ0) is 17.7. The highest BCUT2D eigenvalue weighted by atomic mass is 127. The van der Waals surface area contributed by atoms with Crippen molar-refractivity contribution in [2.24, 2.45) is 5.10 Å². The van der Waals surface area contributed by atoms with Gasteiger partial charge < -0.3 is 9.84 Å². The third kappa shape index (κ3) is 5.07. The standard InChI is InChI=1S/C17H16I2N2O3/c1-10-4-3-5-11(2)17(10)24-9-15(22)21-20-8-12-6-13(18)16(23)14(19)7-12/h3-8,23H,9H2,1-2H3,(H,21,22). The van der Waals surface area contributed by atoms with Crippen LogP contribution in [0.1, 0.15) is 16.7 Å². The van der Waals surface area contributed by atoms with Gasteiger partial charge in [0.05, 0.1) is 13.4 Å². The SMILES string of the molecule is Cc1cccc(C)c1OCC(=O)NN=Cc1cc(I)c(O)c(I)c1. The third-order valence-corrected chi connectivity index (χ3v) is 4.84. The molecule has 0 spiro atoms. The molecule has 0 heterocycles. The van der Waals surface area contributed by atoms with Crippen LogP contribution in [0, 0.1) is 21.0 Å². The molecular weight excluding hydrogens is 534 g/mol. The zero-order valence-electron chi connectivity index (χ0n) is 13.1. The summed E-state index contributed by atoms with van der Waals surface area (Å²) in [6.07, 6.45) is 1.53. The Morgan fingerprint density at radius 1 is 1.25 bits per heavy atom. The van der Waals surface area contributed by atoms with Gasteiger partial charge in [0.15, 0.2) is 6.61 Å². The van der Waals surface area contributed by atoms with Gasteiger partial charge in [0.25, 0.3) is 5.91 Å². The number of aryl methyl sites for hydroxylation is 2. The molecule has 0 saturated carbocycles. The Morgan fingerprint density at radius 2 is 1.83 bits per heavy atom. The molecule has 0 aliphatic carbocycles. The van der Waals surface area contributed by atoms with Crippen molar-refractivity contribution >= 4 is 57.3 Å². The summed E-state index contributed by atoms with van der Waals surface area (Å²) in [6.45, 7) is 3.77. The molecule has 0 bridgehead atoms. The highest BCUT2D eigenvalue weighted by Crippen LogP contribution is 2.26. The minimum Gasteiger partial charge on any atom is -0.506 e. The lowest BCUT2D eigenvalue weighted by molar-refractivity contribution is -0.123. The fraction of sp³-hybridized carbons (Fsp3) is 0.176. The molecule has 2 aromatic carbocycles. The Labute approximate surface area is 167 Å². The second-order valence-corrected chi connectivity index (χ2v) is 7.46. The number of carbonyl (C=O) groups is 1. The predicted octanol–water partition coefficient (Wildman–Crippen LogP) is 3.75. The van der Waals surface area contributed by atoms with Crippen LogP contribution in [0.2, 0.25) is 0 Å². The van der Waals surface area contributed by atoms with Crippen LogP contribution in [0.4, 0.5) is 0 Å². The minimum atomic E-state index is -0.336. The average Bonchev–Trinajstić information content (AvgIpc) is 2.52. The van der Waals surface area contributed by atoms with Crippen molar-refractivity contribution in [2.45, 2.75) is 13.8 Å². The zero-order valence-corrected chi connectivity index (χ0v) is 17.5. The molecular formula is C17H16I2N2O3. The third-order valence-electron chi connectivity index (χ3n) is 3.20. The van der Waals surface area contributed by atoms with Gasteiger partial charge in [0.1, 0.15) is 11.5 Å². The lowest BCUT2D eigenvalue weighted by Gasteiger charge is -2.10. The summed E-state index contributed by atoms with van der Waals surface area (Å²) >= 11 is 4.09. The Morgan fingerprint density at radius 3 is 2.42 bits per heavy atom. The van der Waals surface area contributed by atoms with Crippen molar-refractivity contribution in [3.63, 3.8) is 0 Å². The van der Waals surface area contributed by atoms with E-state index >= 15 is 0 Å². The van der Waals surface area contributed by atoms with Gasteiger partial charge in [-0.05, 0) is 87.9 Å². The van der Waals surface area contributed by atoms with Crippen LogP contribution in [0.3, 0.4) is 0 Å². The van der Waals surface area contributed by atoms with Crippen molar-refractivity contribution in [2.75, 3.05) is 6.61 Å². The Hall–Kier alpha value is -1.36. The molecule has 7 heteroatoms. The fourth-order valence-corrected chi connectivity index (χ4v) is 3.85. The normalized spacial score (nSPS) is 10.8. The average molecular weight is 550 g/mol. The first-order chi connectivity index (χ1) is 11.4. The molecule has 5 nitrogen and oxygen atoms in total. The number of phenols is 1. The van der Waals surface area contributed by atoms with E-state index in [1.54, 1.807) is 12.1 Å². The number of benzene rings is 2. The number of amides is 1. The van der Waals surface area contributed by atoms with E-state index in [1.165, 1.54) is 6.21 Å². The molecule has 0 aliphatic heterocycles. The van der Waals surface area contributed by atoms with Crippen molar-refractivity contribution < 1.29 is 14.6 Å². The summed E-state index contributed by atoms with van der Waals surface area (Å²) < 4.78 is 7.02. The predicted molar refractivity (Wildman–Crippen MR) is 111 cm³/mol. The van der Waals surface area contributed by atoms with Crippen LogP contribution in [-0.4, -0.2) is 23.8 Å². The lowest BCUT2D eigenvalue weighted by Crippen LogP contribution is -2.25. The van der Waals surface area contributed by atoms with E-state index in [-0.39, 0.29) is 18.3 Å². The molecule has 2 rings (SSSR count). The van der Waals surface area contributed by atoms with E-state index in [0.29, 0.717) is 0 Å². The molecule has 0 saturated heterocycles. The first kappa shape index (κ1) is 19.0. The number of nitrogens with zero attached hydrogens (tertiary/aromatic N) is 1. The number of aromatic hydroxyl groups is 1. The monoisotopic (exact) mass is 550 g/mol. The molecule has 2 N–H and O–H groups in total. The molecule has 0 aromatic heterocycles. The van der Waals surface area contributed by atoms with E-state index in [0.717, 1.165) is 29.6 Å². The maximum absolute atomic E-state index is 11.8.